The van der Waals surface area contributed by atoms with Gasteiger partial charge in [0.15, 0.2) is 0 Å². The van der Waals surface area contributed by atoms with Gasteiger partial charge in [-0.05, 0) is 41.2 Å². The van der Waals surface area contributed by atoms with Crippen molar-refractivity contribution in [1.29, 1.82) is 0 Å². The van der Waals surface area contributed by atoms with Gasteiger partial charge >= 0.3 is 5.97 Å². The fourth-order valence-corrected chi connectivity index (χ4v) is 2.57. The zero-order valence-corrected chi connectivity index (χ0v) is 13.7. The summed E-state index contributed by atoms with van der Waals surface area (Å²) >= 11 is 0. The van der Waals surface area contributed by atoms with E-state index >= 15 is 0 Å². The van der Waals surface area contributed by atoms with E-state index in [1.807, 2.05) is 24.3 Å². The number of carboxylic acids is 1. The Morgan fingerprint density at radius 1 is 0.913 bits per heavy atom. The first-order valence-electron chi connectivity index (χ1n) is 8.29. The summed E-state index contributed by atoms with van der Waals surface area (Å²) in [5, 5.41) is 8.64. The predicted octanol–water partition coefficient (Wildman–Crippen LogP) is 5.57. The number of hydrogen-bond acceptors (Lipinski definition) is 1. The van der Waals surface area contributed by atoms with Crippen molar-refractivity contribution in [3.8, 4) is 11.1 Å². The van der Waals surface area contributed by atoms with Crippen molar-refractivity contribution in [1.82, 2.24) is 0 Å². The van der Waals surface area contributed by atoms with Gasteiger partial charge < -0.3 is 5.11 Å². The van der Waals surface area contributed by atoms with Gasteiger partial charge in [-0.2, -0.15) is 0 Å². The van der Waals surface area contributed by atoms with E-state index in [1.165, 1.54) is 36.8 Å². The lowest BCUT2D eigenvalue weighted by Crippen LogP contribution is -1.87. The van der Waals surface area contributed by atoms with Crippen LogP contribution in [0.3, 0.4) is 0 Å². The topological polar surface area (TPSA) is 37.3 Å². The molecule has 120 valence electrons. The Morgan fingerprint density at radius 3 is 2.09 bits per heavy atom. The molecule has 2 aromatic rings. The van der Waals surface area contributed by atoms with E-state index in [1.54, 1.807) is 6.08 Å². The summed E-state index contributed by atoms with van der Waals surface area (Å²) in [5.74, 6) is -0.927. The lowest BCUT2D eigenvalue weighted by molar-refractivity contribution is -0.131. The molecule has 0 saturated heterocycles. The van der Waals surface area contributed by atoms with E-state index in [0.29, 0.717) is 0 Å². The smallest absolute Gasteiger partial charge is 0.328 e. The number of carbonyl (C=O) groups is 1. The summed E-state index contributed by atoms with van der Waals surface area (Å²) < 4.78 is 0. The van der Waals surface area contributed by atoms with E-state index in [9.17, 15) is 4.79 Å². The van der Waals surface area contributed by atoms with Crippen molar-refractivity contribution < 1.29 is 9.90 Å². The minimum Gasteiger partial charge on any atom is -0.478 e. The predicted molar refractivity (Wildman–Crippen MR) is 96.4 cm³/mol. The maximum Gasteiger partial charge on any atom is 0.328 e. The van der Waals surface area contributed by atoms with Crippen molar-refractivity contribution in [2.24, 2.45) is 0 Å². The highest BCUT2D eigenvalue weighted by molar-refractivity contribution is 5.85. The Kier molecular flexibility index (Phi) is 6.61. The lowest BCUT2D eigenvalue weighted by Gasteiger charge is -2.05. The standard InChI is InChI=1S/C21H24O2/c1-2-3-4-5-6-17-7-12-19(13-8-17)20-14-9-18(10-15-20)11-16-21(22)23/h7-16H,2-6H2,1H3,(H,22,23). The number of carboxylic acid groups (broad SMARTS) is 1. The average molecular weight is 308 g/mol. The van der Waals surface area contributed by atoms with Gasteiger partial charge in [-0.15, -0.1) is 0 Å². The first-order chi connectivity index (χ1) is 11.2. The van der Waals surface area contributed by atoms with Gasteiger partial charge in [0.05, 0.1) is 0 Å². The Bertz CT molecular complexity index is 637. The van der Waals surface area contributed by atoms with Crippen LogP contribution in [0.15, 0.2) is 54.6 Å². The van der Waals surface area contributed by atoms with Crippen LogP contribution in [0.4, 0.5) is 0 Å². The molecule has 0 atom stereocenters. The summed E-state index contributed by atoms with van der Waals surface area (Å²) in [6.45, 7) is 2.23. The van der Waals surface area contributed by atoms with Gasteiger partial charge in [0.25, 0.3) is 0 Å². The number of rotatable bonds is 8. The van der Waals surface area contributed by atoms with Crippen molar-refractivity contribution >= 4 is 12.0 Å². The Hall–Kier alpha value is -2.35. The zero-order chi connectivity index (χ0) is 16.5. The van der Waals surface area contributed by atoms with Crippen molar-refractivity contribution in [3.63, 3.8) is 0 Å². The molecule has 0 aromatic heterocycles. The maximum absolute atomic E-state index is 10.5. The van der Waals surface area contributed by atoms with E-state index in [-0.39, 0.29) is 0 Å². The molecule has 0 bridgehead atoms. The van der Waals surface area contributed by atoms with Crippen LogP contribution < -0.4 is 0 Å². The van der Waals surface area contributed by atoms with Gasteiger partial charge in [-0.25, -0.2) is 4.79 Å². The zero-order valence-electron chi connectivity index (χ0n) is 13.7. The number of aryl methyl sites for hydroxylation is 1. The molecule has 0 heterocycles. The molecule has 0 aliphatic heterocycles. The van der Waals surface area contributed by atoms with Crippen LogP contribution in [0.1, 0.15) is 43.7 Å². The van der Waals surface area contributed by atoms with Gasteiger partial charge in [0.1, 0.15) is 0 Å². The van der Waals surface area contributed by atoms with Gasteiger partial charge in [0.2, 0.25) is 0 Å². The molecule has 2 aromatic carbocycles. The van der Waals surface area contributed by atoms with Crippen LogP contribution in [-0.4, -0.2) is 11.1 Å². The van der Waals surface area contributed by atoms with Crippen LogP contribution >= 0.6 is 0 Å². The highest BCUT2D eigenvalue weighted by Crippen LogP contribution is 2.21. The summed E-state index contributed by atoms with van der Waals surface area (Å²) in [5.41, 5.74) is 4.63. The fourth-order valence-electron chi connectivity index (χ4n) is 2.57. The molecule has 2 heteroatoms. The van der Waals surface area contributed by atoms with E-state index in [2.05, 4.69) is 31.2 Å². The molecule has 0 radical (unpaired) electrons. The summed E-state index contributed by atoms with van der Waals surface area (Å²) in [4.78, 5) is 10.5. The lowest BCUT2D eigenvalue weighted by atomic mass is 10.00. The van der Waals surface area contributed by atoms with Crippen LogP contribution in [-0.2, 0) is 11.2 Å². The summed E-state index contributed by atoms with van der Waals surface area (Å²) in [6.07, 6.45) is 9.08. The molecule has 0 aliphatic carbocycles. The van der Waals surface area contributed by atoms with Crippen molar-refractivity contribution in [3.05, 3.63) is 65.7 Å². The first-order valence-corrected chi connectivity index (χ1v) is 8.29. The fraction of sp³-hybridized carbons (Fsp3) is 0.286. The van der Waals surface area contributed by atoms with Crippen LogP contribution in [0.5, 0.6) is 0 Å². The third-order valence-corrected chi connectivity index (χ3v) is 3.94. The molecule has 0 amide bonds. The third kappa shape index (κ3) is 5.74. The Morgan fingerprint density at radius 2 is 1.52 bits per heavy atom. The van der Waals surface area contributed by atoms with Crippen molar-refractivity contribution in [2.45, 2.75) is 39.0 Å². The molecule has 2 rings (SSSR count). The molecule has 0 unspecified atom stereocenters. The van der Waals surface area contributed by atoms with Crippen LogP contribution in [0.25, 0.3) is 17.2 Å². The minimum absolute atomic E-state index is 0.892. The van der Waals surface area contributed by atoms with Gasteiger partial charge in [0, 0.05) is 6.08 Å². The van der Waals surface area contributed by atoms with E-state index in [4.69, 9.17) is 5.11 Å². The van der Waals surface area contributed by atoms with E-state index in [0.717, 1.165) is 23.6 Å². The van der Waals surface area contributed by atoms with Crippen molar-refractivity contribution in [2.75, 3.05) is 0 Å². The second-order valence-corrected chi connectivity index (χ2v) is 5.80. The molecule has 0 saturated carbocycles. The van der Waals surface area contributed by atoms with Crippen LogP contribution in [0, 0.1) is 0 Å². The quantitative estimate of drug-likeness (QED) is 0.511. The highest BCUT2D eigenvalue weighted by atomic mass is 16.4. The molecule has 0 aliphatic rings. The summed E-state index contributed by atoms with van der Waals surface area (Å²) in [7, 11) is 0. The normalized spacial score (nSPS) is 11.0. The second-order valence-electron chi connectivity index (χ2n) is 5.80. The van der Waals surface area contributed by atoms with Gasteiger partial charge in [-0.1, -0.05) is 74.7 Å². The maximum atomic E-state index is 10.5. The molecular formula is C21H24O2. The molecule has 0 fully saturated rings. The third-order valence-electron chi connectivity index (χ3n) is 3.94. The SMILES string of the molecule is CCCCCCc1ccc(-c2ccc(C=CC(=O)O)cc2)cc1. The highest BCUT2D eigenvalue weighted by Gasteiger charge is 1.99. The van der Waals surface area contributed by atoms with E-state index < -0.39 is 5.97 Å². The number of benzene rings is 2. The molecule has 2 nitrogen and oxygen atoms in total. The number of hydrogen-bond donors (Lipinski definition) is 1. The van der Waals surface area contributed by atoms with Gasteiger partial charge in [-0.3, -0.25) is 0 Å². The average Bonchev–Trinajstić information content (AvgIpc) is 2.58. The molecule has 1 N–H and O–H groups in total. The number of unbranched alkanes of at least 4 members (excludes halogenated alkanes) is 3. The monoisotopic (exact) mass is 308 g/mol. The minimum atomic E-state index is -0.927. The first kappa shape index (κ1) is 17.0. The summed E-state index contributed by atoms with van der Waals surface area (Å²) in [6, 6.07) is 16.7. The number of aliphatic carboxylic acids is 1. The molecule has 23 heavy (non-hydrogen) atoms. The Balaban J connectivity index is 1.97. The molecular weight excluding hydrogens is 284 g/mol. The largest absolute Gasteiger partial charge is 0.478 e. The Labute approximate surface area is 138 Å². The second kappa shape index (κ2) is 8.94. The molecule has 0 spiro atoms. The van der Waals surface area contributed by atoms with Crippen LogP contribution in [0.2, 0.25) is 0 Å².